The SMILES string of the molecule is [N-]=[N+]=Nc1ccccc1C[C@]1(C(=O)NCC(O)CO)N=C(c2ccc(OCCCO)cc2)O[C@H]1c1ccccc1. The molecule has 1 aliphatic rings. The highest BCUT2D eigenvalue weighted by atomic mass is 16.5. The van der Waals surface area contributed by atoms with Gasteiger partial charge in [-0.3, -0.25) is 4.79 Å². The highest BCUT2D eigenvalue weighted by molar-refractivity contribution is 6.01. The molecule has 3 atom stereocenters. The van der Waals surface area contributed by atoms with Crippen molar-refractivity contribution in [3.05, 3.63) is 106 Å². The molecule has 11 nitrogen and oxygen atoms in total. The topological polar surface area (TPSA) is 169 Å². The first-order chi connectivity index (χ1) is 19.5. The third kappa shape index (κ3) is 6.59. The van der Waals surface area contributed by atoms with Crippen molar-refractivity contribution in [3.63, 3.8) is 0 Å². The van der Waals surface area contributed by atoms with Gasteiger partial charge in [0.25, 0.3) is 5.91 Å². The summed E-state index contributed by atoms with van der Waals surface area (Å²) in [4.78, 5) is 21.8. The number of benzene rings is 3. The Balaban J connectivity index is 1.80. The maximum Gasteiger partial charge on any atom is 0.252 e. The van der Waals surface area contributed by atoms with Gasteiger partial charge in [0.15, 0.2) is 11.6 Å². The maximum atomic E-state index is 14.0. The van der Waals surface area contributed by atoms with E-state index in [4.69, 9.17) is 25.1 Å². The van der Waals surface area contributed by atoms with Gasteiger partial charge < -0.3 is 30.1 Å². The number of nitrogens with zero attached hydrogens (tertiary/aromatic N) is 4. The van der Waals surface area contributed by atoms with E-state index in [9.17, 15) is 15.0 Å². The van der Waals surface area contributed by atoms with Crippen molar-refractivity contribution in [2.75, 3.05) is 26.4 Å². The van der Waals surface area contributed by atoms with Gasteiger partial charge in [-0.05, 0) is 40.9 Å². The van der Waals surface area contributed by atoms with E-state index in [0.29, 0.717) is 41.2 Å². The molecule has 0 spiro atoms. The average molecular weight is 546 g/mol. The maximum absolute atomic E-state index is 14.0. The molecular formula is C29H31N5O6. The Hall–Kier alpha value is -4.41. The monoisotopic (exact) mass is 545 g/mol. The van der Waals surface area contributed by atoms with Crippen LogP contribution in [0.5, 0.6) is 5.75 Å². The molecule has 0 aliphatic carbocycles. The van der Waals surface area contributed by atoms with Crippen LogP contribution in [0.25, 0.3) is 10.4 Å². The van der Waals surface area contributed by atoms with Gasteiger partial charge in [-0.1, -0.05) is 59.7 Å². The molecule has 208 valence electrons. The zero-order chi connectivity index (χ0) is 28.4. The van der Waals surface area contributed by atoms with Crippen LogP contribution in [0.3, 0.4) is 0 Å². The Kier molecular flexibility index (Phi) is 9.71. The molecule has 0 saturated carbocycles. The lowest BCUT2D eigenvalue weighted by atomic mass is 9.81. The van der Waals surface area contributed by atoms with Gasteiger partial charge in [-0.25, -0.2) is 4.99 Å². The predicted molar refractivity (Wildman–Crippen MR) is 148 cm³/mol. The molecule has 0 fully saturated rings. The van der Waals surface area contributed by atoms with Crippen molar-refractivity contribution in [1.29, 1.82) is 0 Å². The van der Waals surface area contributed by atoms with E-state index in [0.717, 1.165) is 0 Å². The van der Waals surface area contributed by atoms with Gasteiger partial charge >= 0.3 is 0 Å². The zero-order valence-corrected chi connectivity index (χ0v) is 21.8. The Morgan fingerprint density at radius 2 is 1.82 bits per heavy atom. The molecule has 3 aromatic carbocycles. The first-order valence-corrected chi connectivity index (χ1v) is 12.9. The summed E-state index contributed by atoms with van der Waals surface area (Å²) < 4.78 is 12.0. The molecule has 1 heterocycles. The van der Waals surface area contributed by atoms with Gasteiger partial charge in [-0.2, -0.15) is 0 Å². The average Bonchev–Trinajstić information content (AvgIpc) is 3.38. The fourth-order valence-electron chi connectivity index (χ4n) is 4.43. The van der Waals surface area contributed by atoms with Gasteiger partial charge in [-0.15, -0.1) is 0 Å². The van der Waals surface area contributed by atoms with Crippen molar-refractivity contribution in [2.45, 2.75) is 30.6 Å². The highest BCUT2D eigenvalue weighted by Gasteiger charge is 2.53. The molecule has 1 unspecified atom stereocenters. The quantitative estimate of drug-likeness (QED) is 0.111. The van der Waals surface area contributed by atoms with Gasteiger partial charge in [0.1, 0.15) is 5.75 Å². The lowest BCUT2D eigenvalue weighted by Gasteiger charge is -2.31. The number of rotatable bonds is 13. The second kappa shape index (κ2) is 13.6. The first kappa shape index (κ1) is 28.6. The fraction of sp³-hybridized carbons (Fsp3) is 0.310. The standard InChI is InChI=1S/C29H31N5O6/c30-34-33-25-10-5-4-9-22(25)17-29(28(38)31-18-23(37)19-36)26(20-7-2-1-3-8-20)40-27(32-29)21-11-13-24(14-12-21)39-16-6-15-35/h1-5,7-14,23,26,35-37H,6,15-19H2,(H,31,38)/t23?,26-,29-/m0/s1. The Labute approximate surface area is 231 Å². The predicted octanol–water partition coefficient (Wildman–Crippen LogP) is 3.36. The molecule has 40 heavy (non-hydrogen) atoms. The molecule has 11 heteroatoms. The van der Waals surface area contributed by atoms with Gasteiger partial charge in [0, 0.05) is 42.2 Å². The van der Waals surface area contributed by atoms with E-state index >= 15 is 0 Å². The number of amides is 1. The Bertz CT molecular complexity index is 1360. The number of hydrogen-bond donors (Lipinski definition) is 4. The molecule has 1 amide bonds. The van der Waals surface area contributed by atoms with Crippen molar-refractivity contribution in [1.82, 2.24) is 5.32 Å². The van der Waals surface area contributed by atoms with Crippen molar-refractivity contribution >= 4 is 17.5 Å². The number of aliphatic hydroxyl groups is 3. The molecule has 1 aliphatic heterocycles. The Morgan fingerprint density at radius 1 is 1.10 bits per heavy atom. The van der Waals surface area contributed by atoms with E-state index in [1.165, 1.54) is 0 Å². The summed E-state index contributed by atoms with van der Waals surface area (Å²) in [5, 5.41) is 34.7. The summed E-state index contributed by atoms with van der Waals surface area (Å²) in [5.74, 6) is 0.319. The number of aliphatic imine (C=N–C) groups is 1. The van der Waals surface area contributed by atoms with Crippen LogP contribution in [0.2, 0.25) is 0 Å². The summed E-state index contributed by atoms with van der Waals surface area (Å²) in [6.07, 6.45) is -1.49. The smallest absolute Gasteiger partial charge is 0.252 e. The van der Waals surface area contributed by atoms with Crippen LogP contribution < -0.4 is 10.1 Å². The molecular weight excluding hydrogens is 514 g/mol. The third-order valence-corrected chi connectivity index (χ3v) is 6.45. The van der Waals surface area contributed by atoms with Gasteiger partial charge in [0.05, 0.1) is 19.3 Å². The highest BCUT2D eigenvalue weighted by Crippen LogP contribution is 2.43. The molecule has 0 bridgehead atoms. The minimum absolute atomic E-state index is 0.0225. The fourth-order valence-corrected chi connectivity index (χ4v) is 4.43. The summed E-state index contributed by atoms with van der Waals surface area (Å²) in [6, 6.07) is 23.2. The number of carbonyl (C=O) groups is 1. The minimum Gasteiger partial charge on any atom is -0.494 e. The molecule has 0 aromatic heterocycles. The van der Waals surface area contributed by atoms with E-state index in [2.05, 4.69) is 15.3 Å². The van der Waals surface area contributed by atoms with E-state index in [1.54, 1.807) is 48.5 Å². The molecule has 4 N–H and O–H groups in total. The van der Waals surface area contributed by atoms with Crippen LogP contribution >= 0.6 is 0 Å². The normalized spacial score (nSPS) is 18.7. The van der Waals surface area contributed by atoms with Crippen LogP contribution in [0.1, 0.15) is 29.2 Å². The second-order valence-electron chi connectivity index (χ2n) is 9.24. The van der Waals surface area contributed by atoms with Crippen LogP contribution in [0, 0.1) is 0 Å². The van der Waals surface area contributed by atoms with Crippen LogP contribution in [0.4, 0.5) is 5.69 Å². The lowest BCUT2D eigenvalue weighted by Crippen LogP contribution is -2.51. The lowest BCUT2D eigenvalue weighted by molar-refractivity contribution is -0.129. The van der Waals surface area contributed by atoms with Crippen LogP contribution in [-0.4, -0.2) is 65.1 Å². The van der Waals surface area contributed by atoms with E-state index < -0.39 is 30.3 Å². The minimum atomic E-state index is -1.55. The largest absolute Gasteiger partial charge is 0.494 e. The third-order valence-electron chi connectivity index (χ3n) is 6.45. The van der Waals surface area contributed by atoms with Crippen molar-refractivity contribution in [2.24, 2.45) is 10.1 Å². The first-order valence-electron chi connectivity index (χ1n) is 12.9. The molecule has 4 rings (SSSR count). The van der Waals surface area contributed by atoms with Gasteiger partial charge in [0.2, 0.25) is 5.90 Å². The number of aliphatic hydroxyl groups excluding tert-OH is 3. The number of hydrogen-bond acceptors (Lipinski definition) is 8. The number of carbonyl (C=O) groups excluding carboxylic acids is 1. The van der Waals surface area contributed by atoms with Crippen molar-refractivity contribution < 1.29 is 29.6 Å². The summed E-state index contributed by atoms with van der Waals surface area (Å²) in [6.45, 7) is -0.309. The van der Waals surface area contributed by atoms with Crippen LogP contribution in [-0.2, 0) is 16.0 Å². The summed E-state index contributed by atoms with van der Waals surface area (Å²) in [7, 11) is 0. The number of azide groups is 1. The van der Waals surface area contributed by atoms with Crippen molar-refractivity contribution in [3.8, 4) is 5.75 Å². The molecule has 3 aromatic rings. The number of ether oxygens (including phenoxy) is 2. The Morgan fingerprint density at radius 3 is 2.52 bits per heavy atom. The zero-order valence-electron chi connectivity index (χ0n) is 21.8. The molecule has 0 radical (unpaired) electrons. The summed E-state index contributed by atoms with van der Waals surface area (Å²) in [5.41, 5.74) is 9.81. The van der Waals surface area contributed by atoms with E-state index in [1.807, 2.05) is 30.3 Å². The molecule has 0 saturated heterocycles. The second-order valence-corrected chi connectivity index (χ2v) is 9.24. The van der Waals surface area contributed by atoms with E-state index in [-0.39, 0.29) is 25.5 Å². The number of nitrogens with one attached hydrogen (secondary N) is 1. The van der Waals surface area contributed by atoms with Crippen LogP contribution in [0.15, 0.2) is 89.0 Å². The summed E-state index contributed by atoms with van der Waals surface area (Å²) >= 11 is 0.